The third-order valence-corrected chi connectivity index (χ3v) is 4.21. The minimum atomic E-state index is -1.15. The molecule has 6 nitrogen and oxygen atoms in total. The molecule has 1 aliphatic rings. The second kappa shape index (κ2) is 6.54. The van der Waals surface area contributed by atoms with Crippen LogP contribution in [-0.2, 0) is 14.4 Å². The number of hydrogen-bond acceptors (Lipinski definition) is 3. The van der Waals surface area contributed by atoms with Gasteiger partial charge in [0.1, 0.15) is 12.0 Å². The predicted octanol–water partition coefficient (Wildman–Crippen LogP) is 1.94. The third kappa shape index (κ3) is 3.34. The molecule has 0 radical (unpaired) electrons. The Balaban J connectivity index is 2.10. The number of halogens is 2. The van der Waals surface area contributed by atoms with Crippen LogP contribution in [0.5, 0.6) is 0 Å². The number of amides is 2. The number of nitrogens with one attached hydrogen (secondary N) is 1. The van der Waals surface area contributed by atoms with E-state index in [1.807, 2.05) is 0 Å². The van der Waals surface area contributed by atoms with Crippen molar-refractivity contribution in [1.82, 2.24) is 5.32 Å². The maximum absolute atomic E-state index is 12.3. The summed E-state index contributed by atoms with van der Waals surface area (Å²) in [6.07, 6.45) is 0.317. The minimum absolute atomic E-state index is 0.317. The summed E-state index contributed by atoms with van der Waals surface area (Å²) in [7, 11) is 0. The molecule has 1 aliphatic heterocycles. The summed E-state index contributed by atoms with van der Waals surface area (Å²) in [5.41, 5.74) is 0.556. The number of carbonyl (C=O) groups excluding carboxylic acids is 2. The van der Waals surface area contributed by atoms with E-state index >= 15 is 0 Å². The second-order valence-corrected chi connectivity index (χ2v) is 5.81. The summed E-state index contributed by atoms with van der Waals surface area (Å²) in [4.78, 5) is 36.5. The molecule has 0 bridgehead atoms. The summed E-state index contributed by atoms with van der Waals surface area (Å²) >= 11 is 11.8. The van der Waals surface area contributed by atoms with Crippen LogP contribution in [0.15, 0.2) is 18.2 Å². The summed E-state index contributed by atoms with van der Waals surface area (Å²) in [6, 6.07) is 3.74. The zero-order valence-electron chi connectivity index (χ0n) is 11.7. The van der Waals surface area contributed by atoms with E-state index < -0.39 is 23.8 Å². The number of rotatable bonds is 4. The number of anilines is 1. The topological polar surface area (TPSA) is 86.7 Å². The van der Waals surface area contributed by atoms with Crippen molar-refractivity contribution >= 4 is 46.7 Å². The average molecular weight is 345 g/mol. The van der Waals surface area contributed by atoms with Crippen molar-refractivity contribution in [1.29, 1.82) is 0 Å². The first-order valence-electron chi connectivity index (χ1n) is 6.61. The summed E-state index contributed by atoms with van der Waals surface area (Å²) in [6.45, 7) is 1.70. The van der Waals surface area contributed by atoms with E-state index in [1.165, 1.54) is 11.8 Å². The molecule has 2 rings (SSSR count). The van der Waals surface area contributed by atoms with Gasteiger partial charge in [0.25, 0.3) is 0 Å². The number of carboxylic acids is 1. The van der Waals surface area contributed by atoms with Gasteiger partial charge in [0.15, 0.2) is 0 Å². The van der Waals surface area contributed by atoms with E-state index in [4.69, 9.17) is 28.3 Å². The molecule has 2 N–H and O–H groups in total. The maximum atomic E-state index is 12.3. The molecule has 2 atom stereocenters. The van der Waals surface area contributed by atoms with Crippen LogP contribution in [0.1, 0.15) is 13.3 Å². The first kappa shape index (κ1) is 16.6. The SMILES string of the molecule is C[C@H](NC(=O)C1CCN(c2ccc(Cl)c(Cl)c2)C1=O)C(=O)O. The molecular formula is C14H14Cl2N2O4. The molecule has 0 aliphatic carbocycles. The van der Waals surface area contributed by atoms with Gasteiger partial charge < -0.3 is 15.3 Å². The van der Waals surface area contributed by atoms with Crippen LogP contribution in [0.4, 0.5) is 5.69 Å². The lowest BCUT2D eigenvalue weighted by molar-refractivity contribution is -0.143. The Morgan fingerprint density at radius 1 is 1.36 bits per heavy atom. The van der Waals surface area contributed by atoms with Crippen molar-refractivity contribution in [3.8, 4) is 0 Å². The molecule has 0 saturated carbocycles. The monoisotopic (exact) mass is 344 g/mol. The van der Waals surface area contributed by atoms with Crippen molar-refractivity contribution in [2.75, 3.05) is 11.4 Å². The molecule has 1 heterocycles. The van der Waals surface area contributed by atoms with E-state index in [0.29, 0.717) is 28.7 Å². The molecule has 1 unspecified atom stereocenters. The van der Waals surface area contributed by atoms with Gasteiger partial charge in [-0.1, -0.05) is 23.2 Å². The van der Waals surface area contributed by atoms with Gasteiger partial charge in [-0.15, -0.1) is 0 Å². The van der Waals surface area contributed by atoms with Crippen LogP contribution in [-0.4, -0.2) is 35.5 Å². The average Bonchev–Trinajstić information content (AvgIpc) is 2.83. The molecule has 0 spiro atoms. The fourth-order valence-electron chi connectivity index (χ4n) is 2.21. The Hall–Kier alpha value is -1.79. The van der Waals surface area contributed by atoms with Gasteiger partial charge >= 0.3 is 5.97 Å². The number of benzene rings is 1. The maximum Gasteiger partial charge on any atom is 0.325 e. The lowest BCUT2D eigenvalue weighted by Crippen LogP contribution is -2.44. The lowest BCUT2D eigenvalue weighted by Gasteiger charge is -2.18. The Morgan fingerprint density at radius 2 is 2.05 bits per heavy atom. The third-order valence-electron chi connectivity index (χ3n) is 3.47. The van der Waals surface area contributed by atoms with E-state index in [0.717, 1.165) is 0 Å². The molecule has 118 valence electrons. The number of carbonyl (C=O) groups is 3. The Bertz CT molecular complexity index is 635. The standard InChI is InChI=1S/C14H14Cl2N2O4/c1-7(14(21)22)17-12(19)9-4-5-18(13(9)20)8-2-3-10(15)11(16)6-8/h2-3,6-7,9H,4-5H2,1H3,(H,17,19)(H,21,22)/t7-,9?/m0/s1. The van der Waals surface area contributed by atoms with Gasteiger partial charge in [-0.25, -0.2) is 0 Å². The van der Waals surface area contributed by atoms with Crippen molar-refractivity contribution in [3.05, 3.63) is 28.2 Å². The van der Waals surface area contributed by atoms with Crippen LogP contribution in [0, 0.1) is 5.92 Å². The fraction of sp³-hybridized carbons (Fsp3) is 0.357. The zero-order valence-corrected chi connectivity index (χ0v) is 13.2. The highest BCUT2D eigenvalue weighted by Crippen LogP contribution is 2.31. The molecule has 1 aromatic carbocycles. The van der Waals surface area contributed by atoms with E-state index in [2.05, 4.69) is 5.32 Å². The molecule has 1 fully saturated rings. The van der Waals surface area contributed by atoms with E-state index in [-0.39, 0.29) is 5.91 Å². The number of hydrogen-bond donors (Lipinski definition) is 2. The van der Waals surface area contributed by atoms with Gasteiger partial charge in [-0.05, 0) is 31.5 Å². The molecular weight excluding hydrogens is 331 g/mol. The Labute approximate surface area is 137 Å². The molecule has 1 saturated heterocycles. The number of nitrogens with zero attached hydrogens (tertiary/aromatic N) is 1. The van der Waals surface area contributed by atoms with E-state index in [1.54, 1.807) is 18.2 Å². The highest BCUT2D eigenvalue weighted by Gasteiger charge is 2.38. The Morgan fingerprint density at radius 3 is 2.64 bits per heavy atom. The van der Waals surface area contributed by atoms with Gasteiger partial charge in [0, 0.05) is 12.2 Å². The molecule has 22 heavy (non-hydrogen) atoms. The Kier molecular flexibility index (Phi) is 4.93. The largest absolute Gasteiger partial charge is 0.480 e. The minimum Gasteiger partial charge on any atom is -0.480 e. The van der Waals surface area contributed by atoms with Crippen LogP contribution >= 0.6 is 23.2 Å². The molecule has 1 aromatic rings. The van der Waals surface area contributed by atoms with Crippen LogP contribution in [0.25, 0.3) is 0 Å². The smallest absolute Gasteiger partial charge is 0.325 e. The highest BCUT2D eigenvalue weighted by atomic mass is 35.5. The van der Waals surface area contributed by atoms with Gasteiger partial charge in [0.2, 0.25) is 11.8 Å². The fourth-order valence-corrected chi connectivity index (χ4v) is 2.50. The molecule has 0 aromatic heterocycles. The van der Waals surface area contributed by atoms with Crippen molar-refractivity contribution in [2.24, 2.45) is 5.92 Å². The first-order valence-corrected chi connectivity index (χ1v) is 7.36. The highest BCUT2D eigenvalue weighted by molar-refractivity contribution is 6.42. The predicted molar refractivity (Wildman–Crippen MR) is 82.2 cm³/mol. The van der Waals surface area contributed by atoms with Gasteiger partial charge in [0.05, 0.1) is 10.0 Å². The number of aliphatic carboxylic acids is 1. The van der Waals surface area contributed by atoms with Crippen molar-refractivity contribution < 1.29 is 19.5 Å². The first-order chi connectivity index (χ1) is 10.3. The number of carboxylic acid groups (broad SMARTS) is 1. The quantitative estimate of drug-likeness (QED) is 0.817. The summed E-state index contributed by atoms with van der Waals surface area (Å²) in [5, 5.41) is 11.8. The summed E-state index contributed by atoms with van der Waals surface area (Å²) < 4.78 is 0. The lowest BCUT2D eigenvalue weighted by atomic mass is 10.1. The second-order valence-electron chi connectivity index (χ2n) is 5.00. The van der Waals surface area contributed by atoms with Crippen LogP contribution in [0.2, 0.25) is 10.0 Å². The van der Waals surface area contributed by atoms with Crippen LogP contribution in [0.3, 0.4) is 0 Å². The van der Waals surface area contributed by atoms with Gasteiger partial charge in [-0.3, -0.25) is 14.4 Å². The van der Waals surface area contributed by atoms with E-state index in [9.17, 15) is 14.4 Å². The summed E-state index contributed by atoms with van der Waals surface area (Å²) in [5.74, 6) is -3.01. The molecule has 8 heteroatoms. The van der Waals surface area contributed by atoms with Gasteiger partial charge in [-0.2, -0.15) is 0 Å². The normalized spacial score (nSPS) is 19.1. The van der Waals surface area contributed by atoms with Crippen molar-refractivity contribution in [2.45, 2.75) is 19.4 Å². The van der Waals surface area contributed by atoms with Crippen molar-refractivity contribution in [3.63, 3.8) is 0 Å². The zero-order chi connectivity index (χ0) is 16.4. The van der Waals surface area contributed by atoms with Crippen LogP contribution < -0.4 is 10.2 Å². The molecule has 2 amide bonds.